The molecule has 1 unspecified atom stereocenters. The average Bonchev–Trinajstić information content (AvgIpc) is 3.53. The molecular formula is C26H21N3O3S. The number of nitrogens with one attached hydrogen (secondary N) is 1. The molecule has 3 aromatic carbocycles. The van der Waals surface area contributed by atoms with E-state index in [1.54, 1.807) is 6.07 Å². The predicted molar refractivity (Wildman–Crippen MR) is 130 cm³/mol. The van der Waals surface area contributed by atoms with Crippen LogP contribution in [0.25, 0.3) is 22.2 Å². The number of carbonyl (C=O) groups is 1. The third-order valence-corrected chi connectivity index (χ3v) is 6.66. The molecule has 7 heteroatoms. The minimum Gasteiger partial charge on any atom is -0.477 e. The van der Waals surface area contributed by atoms with Gasteiger partial charge in [0.05, 0.1) is 5.92 Å². The van der Waals surface area contributed by atoms with Crippen LogP contribution in [-0.4, -0.2) is 21.2 Å². The summed E-state index contributed by atoms with van der Waals surface area (Å²) in [5.41, 5.74) is 2.95. The molecule has 33 heavy (non-hydrogen) atoms. The van der Waals surface area contributed by atoms with Crippen molar-refractivity contribution in [1.82, 2.24) is 10.1 Å². The summed E-state index contributed by atoms with van der Waals surface area (Å²) in [5.74, 6) is 0.202. The maximum Gasteiger partial charge on any atom is 0.345 e. The van der Waals surface area contributed by atoms with Gasteiger partial charge >= 0.3 is 5.97 Å². The molecule has 0 spiro atoms. The average molecular weight is 456 g/mol. The zero-order valence-electron chi connectivity index (χ0n) is 17.9. The molecule has 5 rings (SSSR count). The molecule has 2 N–H and O–H groups in total. The highest BCUT2D eigenvalue weighted by Gasteiger charge is 2.19. The van der Waals surface area contributed by atoms with E-state index in [4.69, 9.17) is 9.63 Å². The standard InChI is InChI=1S/C26H21N3O3S/c1-16(21-8-4-6-17-5-2-3-7-22(17)21)25-28-24(29-32-25)18-9-11-19(12-10-18)27-15-20-13-14-23(33-20)26(30)31/h2-14,16,27H,15H2,1H3,(H,30,31). The fraction of sp³-hybridized carbons (Fsp3) is 0.115. The molecule has 5 aromatic rings. The van der Waals surface area contributed by atoms with Crippen LogP contribution in [-0.2, 0) is 6.54 Å². The zero-order chi connectivity index (χ0) is 22.8. The summed E-state index contributed by atoms with van der Waals surface area (Å²) in [4.78, 5) is 17.0. The number of hydrogen-bond donors (Lipinski definition) is 2. The van der Waals surface area contributed by atoms with Crippen LogP contribution < -0.4 is 5.32 Å². The van der Waals surface area contributed by atoms with E-state index >= 15 is 0 Å². The van der Waals surface area contributed by atoms with E-state index in [2.05, 4.69) is 52.7 Å². The maximum absolute atomic E-state index is 11.0. The van der Waals surface area contributed by atoms with E-state index < -0.39 is 5.97 Å². The van der Waals surface area contributed by atoms with Crippen molar-refractivity contribution in [2.75, 3.05) is 5.32 Å². The molecule has 0 aliphatic carbocycles. The molecule has 0 bridgehead atoms. The van der Waals surface area contributed by atoms with Crippen LogP contribution in [0.4, 0.5) is 5.69 Å². The second-order valence-electron chi connectivity index (χ2n) is 7.75. The van der Waals surface area contributed by atoms with E-state index in [1.165, 1.54) is 22.1 Å². The van der Waals surface area contributed by atoms with E-state index in [9.17, 15) is 4.79 Å². The Morgan fingerprint density at radius 3 is 2.61 bits per heavy atom. The van der Waals surface area contributed by atoms with Crippen molar-refractivity contribution in [3.05, 3.63) is 100 Å². The van der Waals surface area contributed by atoms with Crippen molar-refractivity contribution in [2.45, 2.75) is 19.4 Å². The lowest BCUT2D eigenvalue weighted by molar-refractivity contribution is 0.0702. The first-order valence-corrected chi connectivity index (χ1v) is 11.4. The first-order valence-electron chi connectivity index (χ1n) is 10.6. The second kappa shape index (κ2) is 8.88. The number of rotatable bonds is 7. The molecule has 0 aliphatic heterocycles. The highest BCUT2D eigenvalue weighted by atomic mass is 32.1. The molecule has 0 saturated heterocycles. The number of carboxylic acids is 1. The largest absolute Gasteiger partial charge is 0.477 e. The number of thiophene rings is 1. The van der Waals surface area contributed by atoms with Crippen molar-refractivity contribution in [3.63, 3.8) is 0 Å². The van der Waals surface area contributed by atoms with Crippen molar-refractivity contribution >= 4 is 33.8 Å². The summed E-state index contributed by atoms with van der Waals surface area (Å²) < 4.78 is 5.62. The molecule has 0 radical (unpaired) electrons. The smallest absolute Gasteiger partial charge is 0.345 e. The summed E-state index contributed by atoms with van der Waals surface area (Å²) in [6, 6.07) is 25.8. The Morgan fingerprint density at radius 1 is 1.03 bits per heavy atom. The number of benzene rings is 3. The maximum atomic E-state index is 11.0. The number of anilines is 1. The summed E-state index contributed by atoms with van der Waals surface area (Å²) in [7, 11) is 0. The minimum absolute atomic E-state index is 0.0280. The summed E-state index contributed by atoms with van der Waals surface area (Å²) in [6.07, 6.45) is 0. The Bertz CT molecular complexity index is 1420. The Labute approximate surface area is 194 Å². The van der Waals surface area contributed by atoms with Gasteiger partial charge in [0.15, 0.2) is 0 Å². The Hall–Kier alpha value is -3.97. The summed E-state index contributed by atoms with van der Waals surface area (Å²) in [5, 5.41) is 18.9. The van der Waals surface area contributed by atoms with Crippen LogP contribution in [0.15, 0.2) is 83.4 Å². The number of aromatic nitrogens is 2. The van der Waals surface area contributed by atoms with Gasteiger partial charge in [-0.1, -0.05) is 47.6 Å². The Kier molecular flexibility index (Phi) is 5.62. The first-order chi connectivity index (χ1) is 16.1. The lowest BCUT2D eigenvalue weighted by Gasteiger charge is -2.10. The highest BCUT2D eigenvalue weighted by molar-refractivity contribution is 7.13. The number of aromatic carboxylic acids is 1. The van der Waals surface area contributed by atoms with Gasteiger partial charge in [0.25, 0.3) is 0 Å². The molecule has 2 heterocycles. The van der Waals surface area contributed by atoms with E-state index in [0.717, 1.165) is 21.7 Å². The van der Waals surface area contributed by atoms with Crippen molar-refractivity contribution in [1.29, 1.82) is 0 Å². The van der Waals surface area contributed by atoms with Crippen molar-refractivity contribution in [2.24, 2.45) is 0 Å². The first kappa shape index (κ1) is 20.9. The third-order valence-electron chi connectivity index (χ3n) is 5.58. The lowest BCUT2D eigenvalue weighted by atomic mass is 9.95. The van der Waals surface area contributed by atoms with Crippen LogP contribution >= 0.6 is 11.3 Å². The molecule has 2 aromatic heterocycles. The van der Waals surface area contributed by atoms with Crippen LogP contribution in [0, 0.1) is 0 Å². The highest BCUT2D eigenvalue weighted by Crippen LogP contribution is 2.31. The molecule has 0 saturated carbocycles. The topological polar surface area (TPSA) is 88.2 Å². The van der Waals surface area contributed by atoms with Gasteiger partial charge in [-0.2, -0.15) is 4.98 Å². The van der Waals surface area contributed by atoms with Crippen LogP contribution in [0.5, 0.6) is 0 Å². The number of fused-ring (bicyclic) bond motifs is 1. The van der Waals surface area contributed by atoms with Gasteiger partial charge in [-0.15, -0.1) is 11.3 Å². The lowest BCUT2D eigenvalue weighted by Crippen LogP contribution is -1.98. The van der Waals surface area contributed by atoms with Crippen LogP contribution in [0.2, 0.25) is 0 Å². The van der Waals surface area contributed by atoms with Crippen molar-refractivity contribution in [3.8, 4) is 11.4 Å². The monoisotopic (exact) mass is 455 g/mol. The fourth-order valence-corrected chi connectivity index (χ4v) is 4.59. The predicted octanol–water partition coefficient (Wildman–Crippen LogP) is 6.41. The molecule has 0 amide bonds. The third kappa shape index (κ3) is 4.36. The van der Waals surface area contributed by atoms with Gasteiger partial charge in [0, 0.05) is 22.7 Å². The van der Waals surface area contributed by atoms with Gasteiger partial charge in [0.1, 0.15) is 4.88 Å². The second-order valence-corrected chi connectivity index (χ2v) is 8.92. The minimum atomic E-state index is -0.898. The van der Waals surface area contributed by atoms with Gasteiger partial charge in [-0.25, -0.2) is 4.79 Å². The normalized spacial score (nSPS) is 12.0. The quantitative estimate of drug-likeness (QED) is 0.295. The SMILES string of the molecule is CC(c1nc(-c2ccc(NCc3ccc(C(=O)O)s3)cc2)no1)c1cccc2ccccc12. The van der Waals surface area contributed by atoms with Crippen LogP contribution in [0.3, 0.4) is 0 Å². The van der Waals surface area contributed by atoms with Crippen LogP contribution in [0.1, 0.15) is 38.8 Å². The Balaban J connectivity index is 1.29. The van der Waals surface area contributed by atoms with Gasteiger partial charge in [-0.05, 0) is 59.7 Å². The molecule has 0 fully saturated rings. The molecule has 6 nitrogen and oxygen atoms in total. The molecule has 0 aliphatic rings. The van der Waals surface area contributed by atoms with Gasteiger partial charge < -0.3 is 14.9 Å². The van der Waals surface area contributed by atoms with Crippen molar-refractivity contribution < 1.29 is 14.4 Å². The Morgan fingerprint density at radius 2 is 1.82 bits per heavy atom. The zero-order valence-corrected chi connectivity index (χ0v) is 18.7. The molecular weight excluding hydrogens is 434 g/mol. The molecule has 1 atom stereocenters. The van der Waals surface area contributed by atoms with E-state index in [1.807, 2.05) is 42.5 Å². The number of hydrogen-bond acceptors (Lipinski definition) is 6. The van der Waals surface area contributed by atoms with Gasteiger partial charge in [-0.3, -0.25) is 0 Å². The summed E-state index contributed by atoms with van der Waals surface area (Å²) in [6.45, 7) is 2.64. The van der Waals surface area contributed by atoms with E-state index in [0.29, 0.717) is 23.1 Å². The fourth-order valence-electron chi connectivity index (χ4n) is 3.80. The molecule has 164 valence electrons. The number of carboxylic acid groups (broad SMARTS) is 1. The van der Waals surface area contributed by atoms with E-state index in [-0.39, 0.29) is 5.92 Å². The number of nitrogens with zero attached hydrogens (tertiary/aromatic N) is 2. The van der Waals surface area contributed by atoms with Gasteiger partial charge in [0.2, 0.25) is 11.7 Å². The summed E-state index contributed by atoms with van der Waals surface area (Å²) >= 11 is 1.27.